The Morgan fingerprint density at radius 2 is 2.00 bits per heavy atom. The van der Waals surface area contributed by atoms with Crippen molar-refractivity contribution in [2.24, 2.45) is 11.8 Å². The van der Waals surface area contributed by atoms with Crippen molar-refractivity contribution in [3.63, 3.8) is 0 Å². The van der Waals surface area contributed by atoms with Crippen LogP contribution in [0.25, 0.3) is 0 Å². The van der Waals surface area contributed by atoms with Gasteiger partial charge in [-0.05, 0) is 49.8 Å². The van der Waals surface area contributed by atoms with Crippen LogP contribution in [-0.4, -0.2) is 18.5 Å². The highest BCUT2D eigenvalue weighted by molar-refractivity contribution is 5.82. The monoisotopic (exact) mass is 289 g/mol. The Labute approximate surface area is 125 Å². The third-order valence-corrected chi connectivity index (χ3v) is 4.17. The van der Waals surface area contributed by atoms with Crippen molar-refractivity contribution in [3.05, 3.63) is 34.9 Å². The normalized spacial score (nSPS) is 21.5. The van der Waals surface area contributed by atoms with Crippen molar-refractivity contribution in [2.75, 3.05) is 6.61 Å². The van der Waals surface area contributed by atoms with Gasteiger partial charge in [0.2, 0.25) is 0 Å². The molecule has 0 aliphatic heterocycles. The largest absolute Gasteiger partial charge is 0.455 e. The highest BCUT2D eigenvalue weighted by Gasteiger charge is 2.40. The summed E-state index contributed by atoms with van der Waals surface area (Å²) in [5, 5.41) is 2.85. The quantitative estimate of drug-likeness (QED) is 0.848. The lowest BCUT2D eigenvalue weighted by atomic mass is 10.0. The molecule has 1 fully saturated rings. The Morgan fingerprint density at radius 1 is 1.33 bits per heavy atom. The summed E-state index contributed by atoms with van der Waals surface area (Å²) >= 11 is 0. The van der Waals surface area contributed by atoms with Gasteiger partial charge in [0.1, 0.15) is 0 Å². The van der Waals surface area contributed by atoms with Gasteiger partial charge in [0.25, 0.3) is 5.91 Å². The van der Waals surface area contributed by atoms with Gasteiger partial charge in [0.05, 0.1) is 12.0 Å². The number of ether oxygens (including phenoxy) is 1. The van der Waals surface area contributed by atoms with Gasteiger partial charge < -0.3 is 10.1 Å². The number of hydrogen-bond acceptors (Lipinski definition) is 3. The van der Waals surface area contributed by atoms with Crippen LogP contribution in [0.5, 0.6) is 0 Å². The first-order valence-electron chi connectivity index (χ1n) is 7.41. The summed E-state index contributed by atoms with van der Waals surface area (Å²) in [4.78, 5) is 23.4. The van der Waals surface area contributed by atoms with Crippen LogP contribution in [0.1, 0.15) is 43.0 Å². The molecule has 1 aliphatic carbocycles. The van der Waals surface area contributed by atoms with Crippen LogP contribution in [0.15, 0.2) is 18.2 Å². The molecule has 4 nitrogen and oxygen atoms in total. The molecule has 1 amide bonds. The number of esters is 1. The van der Waals surface area contributed by atoms with E-state index in [1.165, 1.54) is 11.1 Å². The number of aryl methyl sites for hydroxylation is 2. The first-order valence-corrected chi connectivity index (χ1v) is 7.41. The molecular formula is C17H23NO3. The maximum Gasteiger partial charge on any atom is 0.309 e. The molecule has 0 aromatic heterocycles. The number of benzene rings is 1. The van der Waals surface area contributed by atoms with Crippen molar-refractivity contribution in [2.45, 2.75) is 40.2 Å². The van der Waals surface area contributed by atoms with Crippen LogP contribution in [-0.2, 0) is 14.3 Å². The molecule has 0 spiro atoms. The summed E-state index contributed by atoms with van der Waals surface area (Å²) in [7, 11) is 0. The van der Waals surface area contributed by atoms with E-state index in [0.717, 1.165) is 12.0 Å². The Bertz CT molecular complexity index is 553. The fourth-order valence-corrected chi connectivity index (χ4v) is 2.29. The molecule has 114 valence electrons. The smallest absolute Gasteiger partial charge is 0.309 e. The van der Waals surface area contributed by atoms with Crippen LogP contribution in [0.3, 0.4) is 0 Å². The van der Waals surface area contributed by atoms with Gasteiger partial charge in [0.15, 0.2) is 6.61 Å². The van der Waals surface area contributed by atoms with Crippen molar-refractivity contribution in [3.8, 4) is 0 Å². The van der Waals surface area contributed by atoms with Gasteiger partial charge in [-0.2, -0.15) is 0 Å². The Balaban J connectivity index is 1.81. The molecule has 0 heterocycles. The summed E-state index contributed by atoms with van der Waals surface area (Å²) in [6.07, 6.45) is 0.875. The van der Waals surface area contributed by atoms with E-state index >= 15 is 0 Å². The van der Waals surface area contributed by atoms with E-state index in [2.05, 4.69) is 18.3 Å². The van der Waals surface area contributed by atoms with Crippen LogP contribution >= 0.6 is 0 Å². The molecule has 0 saturated heterocycles. The minimum absolute atomic E-state index is 0.00466. The summed E-state index contributed by atoms with van der Waals surface area (Å²) in [5.74, 6) is -0.121. The number of hydrogen-bond donors (Lipinski definition) is 1. The number of nitrogens with one attached hydrogen (secondary N) is 1. The number of rotatable bonds is 5. The van der Waals surface area contributed by atoms with E-state index in [-0.39, 0.29) is 30.4 Å². The molecule has 0 unspecified atom stereocenters. The van der Waals surface area contributed by atoms with Crippen LogP contribution in [0.2, 0.25) is 0 Å². The lowest BCUT2D eigenvalue weighted by Crippen LogP contribution is -2.31. The average Bonchev–Trinajstić information content (AvgIpc) is 3.16. The van der Waals surface area contributed by atoms with Gasteiger partial charge in [-0.3, -0.25) is 9.59 Å². The van der Waals surface area contributed by atoms with E-state index < -0.39 is 0 Å². The second kappa shape index (κ2) is 6.29. The fourth-order valence-electron chi connectivity index (χ4n) is 2.29. The predicted octanol–water partition coefficient (Wildman–Crippen LogP) is 2.68. The molecule has 2 rings (SSSR count). The molecule has 4 heteroatoms. The lowest BCUT2D eigenvalue weighted by Gasteiger charge is -2.15. The Hall–Kier alpha value is -1.84. The standard InChI is InChI=1S/C17H23NO3/c1-10-5-6-14(7-11(10)2)13(4)18-16(19)9-21-17(20)15-8-12(15)3/h5-7,12-13,15H,8-9H2,1-4H3,(H,18,19)/t12-,13+,15+/m1/s1. The zero-order chi connectivity index (χ0) is 15.6. The first-order chi connectivity index (χ1) is 9.88. The third-order valence-electron chi connectivity index (χ3n) is 4.17. The SMILES string of the molecule is Cc1ccc([C@H](C)NC(=O)COC(=O)[C@H]2C[C@H]2C)cc1C. The van der Waals surface area contributed by atoms with E-state index in [0.29, 0.717) is 5.92 Å². The van der Waals surface area contributed by atoms with Gasteiger partial charge in [0, 0.05) is 0 Å². The zero-order valence-corrected chi connectivity index (χ0v) is 13.1. The highest BCUT2D eigenvalue weighted by Crippen LogP contribution is 2.38. The molecule has 21 heavy (non-hydrogen) atoms. The topological polar surface area (TPSA) is 55.4 Å². The lowest BCUT2D eigenvalue weighted by molar-refractivity contribution is -0.150. The minimum Gasteiger partial charge on any atom is -0.455 e. The summed E-state index contributed by atoms with van der Waals surface area (Å²) in [6.45, 7) is 7.84. The second-order valence-corrected chi connectivity index (χ2v) is 6.06. The maximum absolute atomic E-state index is 11.8. The van der Waals surface area contributed by atoms with Gasteiger partial charge in [-0.1, -0.05) is 25.1 Å². The molecular weight excluding hydrogens is 266 g/mol. The van der Waals surface area contributed by atoms with Gasteiger partial charge in [-0.15, -0.1) is 0 Å². The molecule has 1 aromatic rings. The van der Waals surface area contributed by atoms with Crippen molar-refractivity contribution in [1.82, 2.24) is 5.32 Å². The maximum atomic E-state index is 11.8. The Morgan fingerprint density at radius 3 is 2.57 bits per heavy atom. The molecule has 1 aliphatic rings. The van der Waals surface area contributed by atoms with Gasteiger partial charge in [-0.25, -0.2) is 0 Å². The summed E-state index contributed by atoms with van der Waals surface area (Å²) in [6, 6.07) is 6.01. The number of carbonyl (C=O) groups excluding carboxylic acids is 2. The average molecular weight is 289 g/mol. The third kappa shape index (κ3) is 4.06. The second-order valence-electron chi connectivity index (χ2n) is 6.06. The molecule has 0 bridgehead atoms. The zero-order valence-electron chi connectivity index (χ0n) is 13.1. The number of amides is 1. The van der Waals surface area contributed by atoms with Gasteiger partial charge >= 0.3 is 5.97 Å². The Kier molecular flexibility index (Phi) is 4.66. The highest BCUT2D eigenvalue weighted by atomic mass is 16.5. The van der Waals surface area contributed by atoms with Crippen molar-refractivity contribution >= 4 is 11.9 Å². The number of carbonyl (C=O) groups is 2. The van der Waals surface area contributed by atoms with Crippen LogP contribution in [0.4, 0.5) is 0 Å². The molecule has 0 radical (unpaired) electrons. The van der Waals surface area contributed by atoms with E-state index in [9.17, 15) is 9.59 Å². The molecule has 1 N–H and O–H groups in total. The molecule has 1 saturated carbocycles. The van der Waals surface area contributed by atoms with Crippen LogP contribution in [0, 0.1) is 25.7 Å². The fraction of sp³-hybridized carbons (Fsp3) is 0.529. The van der Waals surface area contributed by atoms with Crippen molar-refractivity contribution in [1.29, 1.82) is 0 Å². The minimum atomic E-state index is -0.262. The van der Waals surface area contributed by atoms with Crippen molar-refractivity contribution < 1.29 is 14.3 Å². The molecule has 1 aromatic carbocycles. The van der Waals surface area contributed by atoms with E-state index in [4.69, 9.17) is 4.74 Å². The predicted molar refractivity (Wildman–Crippen MR) is 80.7 cm³/mol. The van der Waals surface area contributed by atoms with E-state index in [1.54, 1.807) is 0 Å². The van der Waals surface area contributed by atoms with E-state index in [1.807, 2.05) is 32.9 Å². The summed E-state index contributed by atoms with van der Waals surface area (Å²) < 4.78 is 5.03. The molecule has 3 atom stereocenters. The summed E-state index contributed by atoms with van der Waals surface area (Å²) in [5.41, 5.74) is 3.47. The first kappa shape index (κ1) is 15.5. The van der Waals surface area contributed by atoms with Crippen LogP contribution < -0.4 is 5.32 Å².